The van der Waals surface area contributed by atoms with E-state index in [2.05, 4.69) is 10.1 Å². The molecule has 2 aromatic heterocycles. The van der Waals surface area contributed by atoms with Crippen molar-refractivity contribution >= 4 is 5.97 Å². The van der Waals surface area contributed by atoms with Gasteiger partial charge in [0.1, 0.15) is 12.2 Å². The first-order chi connectivity index (χ1) is 7.24. The van der Waals surface area contributed by atoms with Crippen molar-refractivity contribution in [2.45, 2.75) is 12.8 Å². The number of aliphatic carboxylic acids is 1. The SMILES string of the molecule is O=C(O)Cc1noc(Cc2ccco2)n1. The molecular formula is C9H8N2O4. The number of nitrogens with zero attached hydrogens (tertiary/aromatic N) is 2. The number of furan rings is 1. The van der Waals surface area contributed by atoms with Gasteiger partial charge in [-0.3, -0.25) is 4.79 Å². The van der Waals surface area contributed by atoms with Gasteiger partial charge in [0.15, 0.2) is 5.82 Å². The van der Waals surface area contributed by atoms with Gasteiger partial charge < -0.3 is 14.0 Å². The van der Waals surface area contributed by atoms with Crippen LogP contribution >= 0.6 is 0 Å². The van der Waals surface area contributed by atoms with Crippen molar-refractivity contribution in [2.24, 2.45) is 0 Å². The fourth-order valence-electron chi connectivity index (χ4n) is 1.13. The number of carboxylic acids is 1. The maximum Gasteiger partial charge on any atom is 0.311 e. The Morgan fingerprint density at radius 1 is 1.53 bits per heavy atom. The van der Waals surface area contributed by atoms with Crippen LogP contribution in [0.1, 0.15) is 17.5 Å². The van der Waals surface area contributed by atoms with E-state index < -0.39 is 5.97 Å². The summed E-state index contributed by atoms with van der Waals surface area (Å²) in [5.74, 6) is 0.228. The predicted octanol–water partition coefficient (Wildman–Crippen LogP) is 0.881. The molecule has 0 unspecified atom stereocenters. The summed E-state index contributed by atoms with van der Waals surface area (Å²) >= 11 is 0. The molecule has 0 amide bonds. The smallest absolute Gasteiger partial charge is 0.311 e. The van der Waals surface area contributed by atoms with Gasteiger partial charge in [0.05, 0.1) is 12.7 Å². The molecule has 0 fully saturated rings. The molecule has 2 rings (SSSR count). The lowest BCUT2D eigenvalue weighted by Crippen LogP contribution is -2.01. The van der Waals surface area contributed by atoms with Crippen LogP contribution in [-0.2, 0) is 17.6 Å². The third-order valence-electron chi connectivity index (χ3n) is 1.73. The molecular weight excluding hydrogens is 200 g/mol. The first-order valence-corrected chi connectivity index (χ1v) is 4.29. The molecule has 0 saturated heterocycles. The largest absolute Gasteiger partial charge is 0.481 e. The second-order valence-electron chi connectivity index (χ2n) is 2.93. The number of carbonyl (C=O) groups is 1. The van der Waals surface area contributed by atoms with Crippen molar-refractivity contribution in [3.05, 3.63) is 35.9 Å². The fourth-order valence-corrected chi connectivity index (χ4v) is 1.13. The highest BCUT2D eigenvalue weighted by Gasteiger charge is 2.10. The van der Waals surface area contributed by atoms with Gasteiger partial charge in [-0.1, -0.05) is 5.16 Å². The van der Waals surface area contributed by atoms with Crippen molar-refractivity contribution in [3.63, 3.8) is 0 Å². The highest BCUT2D eigenvalue weighted by molar-refractivity contribution is 5.68. The molecule has 0 aliphatic heterocycles. The summed E-state index contributed by atoms with van der Waals surface area (Å²) in [5, 5.41) is 12.0. The Kier molecular flexibility index (Phi) is 2.49. The first kappa shape index (κ1) is 9.45. The molecule has 0 saturated carbocycles. The molecule has 6 nitrogen and oxygen atoms in total. The lowest BCUT2D eigenvalue weighted by Gasteiger charge is -1.87. The normalized spacial score (nSPS) is 10.4. The van der Waals surface area contributed by atoms with Crippen LogP contribution in [0.4, 0.5) is 0 Å². The van der Waals surface area contributed by atoms with E-state index in [0.717, 1.165) is 0 Å². The van der Waals surface area contributed by atoms with Gasteiger partial charge in [-0.15, -0.1) is 0 Å². The Balaban J connectivity index is 2.04. The van der Waals surface area contributed by atoms with E-state index in [1.807, 2.05) is 0 Å². The van der Waals surface area contributed by atoms with Gasteiger partial charge in [0.2, 0.25) is 5.89 Å². The van der Waals surface area contributed by atoms with E-state index in [9.17, 15) is 4.79 Å². The molecule has 0 atom stereocenters. The number of hydrogen-bond donors (Lipinski definition) is 1. The highest BCUT2D eigenvalue weighted by Crippen LogP contribution is 2.08. The van der Waals surface area contributed by atoms with Crippen LogP contribution in [0.15, 0.2) is 27.3 Å². The summed E-state index contributed by atoms with van der Waals surface area (Å²) < 4.78 is 9.94. The summed E-state index contributed by atoms with van der Waals surface area (Å²) in [6, 6.07) is 3.53. The molecule has 1 N–H and O–H groups in total. The topological polar surface area (TPSA) is 89.4 Å². The Labute approximate surface area is 84.5 Å². The number of carboxylic acid groups (broad SMARTS) is 1. The first-order valence-electron chi connectivity index (χ1n) is 4.29. The third kappa shape index (κ3) is 2.43. The van der Waals surface area contributed by atoms with Crippen LogP contribution < -0.4 is 0 Å². The van der Waals surface area contributed by atoms with E-state index in [-0.39, 0.29) is 12.2 Å². The zero-order valence-corrected chi connectivity index (χ0v) is 7.71. The van der Waals surface area contributed by atoms with E-state index in [1.54, 1.807) is 18.4 Å². The number of aromatic nitrogens is 2. The van der Waals surface area contributed by atoms with Crippen molar-refractivity contribution < 1.29 is 18.8 Å². The summed E-state index contributed by atoms with van der Waals surface area (Å²) in [5.41, 5.74) is 0. The highest BCUT2D eigenvalue weighted by atomic mass is 16.5. The van der Waals surface area contributed by atoms with Crippen LogP contribution in [0.2, 0.25) is 0 Å². The zero-order valence-electron chi connectivity index (χ0n) is 7.71. The Morgan fingerprint density at radius 2 is 2.40 bits per heavy atom. The minimum absolute atomic E-state index is 0.170. The van der Waals surface area contributed by atoms with E-state index in [4.69, 9.17) is 14.0 Å². The second kappa shape index (κ2) is 3.95. The summed E-state index contributed by atoms with van der Waals surface area (Å²) in [6.07, 6.45) is 1.69. The van der Waals surface area contributed by atoms with Crippen molar-refractivity contribution in [1.29, 1.82) is 0 Å². The van der Waals surface area contributed by atoms with Crippen LogP contribution in [0.25, 0.3) is 0 Å². The van der Waals surface area contributed by atoms with Crippen molar-refractivity contribution in [3.8, 4) is 0 Å². The molecule has 0 radical (unpaired) electrons. The number of rotatable bonds is 4. The molecule has 0 bridgehead atoms. The van der Waals surface area contributed by atoms with Gasteiger partial charge in [-0.25, -0.2) is 0 Å². The van der Waals surface area contributed by atoms with Crippen LogP contribution in [-0.4, -0.2) is 21.2 Å². The molecule has 0 aliphatic rings. The van der Waals surface area contributed by atoms with Gasteiger partial charge in [-0.05, 0) is 12.1 Å². The van der Waals surface area contributed by atoms with E-state index in [0.29, 0.717) is 18.1 Å². The molecule has 0 aromatic carbocycles. The lowest BCUT2D eigenvalue weighted by atomic mass is 10.3. The molecule has 6 heteroatoms. The zero-order chi connectivity index (χ0) is 10.7. The Bertz CT molecular complexity index is 446. The van der Waals surface area contributed by atoms with E-state index in [1.165, 1.54) is 0 Å². The lowest BCUT2D eigenvalue weighted by molar-refractivity contribution is -0.136. The van der Waals surface area contributed by atoms with Gasteiger partial charge >= 0.3 is 5.97 Å². The summed E-state index contributed by atoms with van der Waals surface area (Å²) in [4.78, 5) is 14.3. The van der Waals surface area contributed by atoms with Crippen molar-refractivity contribution in [2.75, 3.05) is 0 Å². The van der Waals surface area contributed by atoms with Crippen LogP contribution in [0.3, 0.4) is 0 Å². The van der Waals surface area contributed by atoms with Gasteiger partial charge in [-0.2, -0.15) is 4.98 Å². The molecule has 78 valence electrons. The van der Waals surface area contributed by atoms with Crippen molar-refractivity contribution in [1.82, 2.24) is 10.1 Å². The molecule has 0 spiro atoms. The van der Waals surface area contributed by atoms with E-state index >= 15 is 0 Å². The monoisotopic (exact) mass is 208 g/mol. The molecule has 15 heavy (non-hydrogen) atoms. The molecule has 0 aliphatic carbocycles. The fraction of sp³-hybridized carbons (Fsp3) is 0.222. The Morgan fingerprint density at radius 3 is 3.07 bits per heavy atom. The average molecular weight is 208 g/mol. The predicted molar refractivity (Wildman–Crippen MR) is 47.2 cm³/mol. The average Bonchev–Trinajstić information content (AvgIpc) is 2.77. The van der Waals surface area contributed by atoms with Gasteiger partial charge in [0, 0.05) is 0 Å². The molecule has 2 aromatic rings. The summed E-state index contributed by atoms with van der Waals surface area (Å²) in [6.45, 7) is 0. The minimum atomic E-state index is -0.986. The quantitative estimate of drug-likeness (QED) is 0.802. The number of hydrogen-bond acceptors (Lipinski definition) is 5. The standard InChI is InChI=1S/C9H8N2O4/c12-9(13)5-7-10-8(15-11-7)4-6-2-1-3-14-6/h1-3H,4-5H2,(H,12,13). The Hall–Kier alpha value is -2.11. The second-order valence-corrected chi connectivity index (χ2v) is 2.93. The van der Waals surface area contributed by atoms with Gasteiger partial charge in [0.25, 0.3) is 0 Å². The summed E-state index contributed by atoms with van der Waals surface area (Å²) in [7, 11) is 0. The van der Waals surface area contributed by atoms with Crippen LogP contribution in [0.5, 0.6) is 0 Å². The maximum atomic E-state index is 10.4. The third-order valence-corrected chi connectivity index (χ3v) is 1.73. The maximum absolute atomic E-state index is 10.4. The molecule has 2 heterocycles. The minimum Gasteiger partial charge on any atom is -0.481 e. The van der Waals surface area contributed by atoms with Crippen LogP contribution in [0, 0.1) is 0 Å².